The van der Waals surface area contributed by atoms with Crippen molar-refractivity contribution in [1.82, 2.24) is 0 Å². The Hall–Kier alpha value is -2.87. The van der Waals surface area contributed by atoms with Crippen molar-refractivity contribution in [3.63, 3.8) is 0 Å². The molecule has 0 aliphatic heterocycles. The van der Waals surface area contributed by atoms with Crippen LogP contribution in [0.25, 0.3) is 11.1 Å². The summed E-state index contributed by atoms with van der Waals surface area (Å²) in [6.45, 7) is 1.88. The van der Waals surface area contributed by atoms with Crippen LogP contribution in [-0.2, 0) is 14.3 Å². The molecule has 3 aliphatic rings. The van der Waals surface area contributed by atoms with Crippen molar-refractivity contribution in [3.05, 3.63) is 34.7 Å². The molecule has 2 aromatic rings. The Labute approximate surface area is 190 Å². The van der Waals surface area contributed by atoms with Gasteiger partial charge in [0.2, 0.25) is 5.91 Å². The fourth-order valence-corrected chi connectivity index (χ4v) is 6.48. The van der Waals surface area contributed by atoms with Gasteiger partial charge in [-0.2, -0.15) is 0 Å². The zero-order valence-electron chi connectivity index (χ0n) is 18.3. The molecule has 2 N–H and O–H groups in total. The zero-order valence-corrected chi connectivity index (χ0v) is 19.2. The number of anilines is 1. The number of hydrogen-bond acceptors (Lipinski definition) is 6. The van der Waals surface area contributed by atoms with Gasteiger partial charge >= 0.3 is 11.9 Å². The second-order valence-electron chi connectivity index (χ2n) is 8.51. The molecule has 170 valence electrons. The molecule has 1 amide bonds. The Morgan fingerprint density at radius 2 is 1.59 bits per heavy atom. The van der Waals surface area contributed by atoms with E-state index in [0.29, 0.717) is 21.9 Å². The second-order valence-corrected chi connectivity index (χ2v) is 9.74. The highest BCUT2D eigenvalue weighted by molar-refractivity contribution is 7.17. The highest BCUT2D eigenvalue weighted by atomic mass is 32.1. The highest BCUT2D eigenvalue weighted by Gasteiger charge is 2.50. The van der Waals surface area contributed by atoms with Crippen molar-refractivity contribution >= 4 is 34.2 Å². The number of amides is 1. The van der Waals surface area contributed by atoms with E-state index in [0.717, 1.165) is 36.1 Å². The molecule has 2 unspecified atom stereocenters. The number of ether oxygens (including phenoxy) is 2. The minimum Gasteiger partial charge on any atom is -0.497 e. The summed E-state index contributed by atoms with van der Waals surface area (Å²) in [6, 6.07) is 7.32. The molecule has 0 saturated heterocycles. The van der Waals surface area contributed by atoms with Crippen molar-refractivity contribution < 1.29 is 29.0 Å². The second kappa shape index (κ2) is 8.94. The maximum Gasteiger partial charge on any atom is 0.341 e. The van der Waals surface area contributed by atoms with Crippen LogP contribution >= 0.6 is 11.3 Å². The number of aliphatic carboxylic acids is 1. The number of benzene rings is 1. The first-order valence-electron chi connectivity index (χ1n) is 10.8. The minimum atomic E-state index is -0.908. The molecule has 3 aliphatic carbocycles. The van der Waals surface area contributed by atoms with E-state index in [-0.39, 0.29) is 17.7 Å². The molecule has 32 heavy (non-hydrogen) atoms. The van der Waals surface area contributed by atoms with E-state index in [1.165, 1.54) is 18.4 Å². The van der Waals surface area contributed by atoms with Crippen molar-refractivity contribution in [3.8, 4) is 16.9 Å². The molecule has 0 radical (unpaired) electrons. The molecule has 2 atom stereocenters. The lowest BCUT2D eigenvalue weighted by Gasteiger charge is -2.45. The maximum atomic E-state index is 13.3. The summed E-state index contributed by atoms with van der Waals surface area (Å²) in [5.74, 6) is -2.24. The monoisotopic (exact) mass is 457 g/mol. The summed E-state index contributed by atoms with van der Waals surface area (Å²) in [5.41, 5.74) is 1.79. The van der Waals surface area contributed by atoms with E-state index in [1.54, 1.807) is 7.11 Å². The predicted molar refractivity (Wildman–Crippen MR) is 121 cm³/mol. The normalized spacial score (nSPS) is 24.1. The molecular formula is C24H27NO6S. The van der Waals surface area contributed by atoms with E-state index in [9.17, 15) is 19.5 Å². The number of methoxy groups -OCH3 is 2. The Kier molecular flexibility index (Phi) is 6.24. The van der Waals surface area contributed by atoms with E-state index >= 15 is 0 Å². The fraction of sp³-hybridized carbons (Fsp3) is 0.458. The molecule has 3 saturated carbocycles. The van der Waals surface area contributed by atoms with Gasteiger partial charge in [-0.3, -0.25) is 9.59 Å². The summed E-state index contributed by atoms with van der Waals surface area (Å²) < 4.78 is 10.2. The summed E-state index contributed by atoms with van der Waals surface area (Å²) >= 11 is 1.30. The van der Waals surface area contributed by atoms with Gasteiger partial charge in [0.1, 0.15) is 16.3 Å². The third-order valence-corrected chi connectivity index (χ3v) is 7.92. The van der Waals surface area contributed by atoms with Crippen LogP contribution in [0.15, 0.2) is 24.3 Å². The van der Waals surface area contributed by atoms with Crippen LogP contribution in [0, 0.1) is 30.6 Å². The number of nitrogens with one attached hydrogen (secondary N) is 1. The number of rotatable bonds is 6. The van der Waals surface area contributed by atoms with Crippen molar-refractivity contribution in [2.45, 2.75) is 32.6 Å². The van der Waals surface area contributed by atoms with E-state index in [2.05, 4.69) is 5.32 Å². The zero-order chi connectivity index (χ0) is 23.0. The third-order valence-electron chi connectivity index (χ3n) is 6.90. The van der Waals surface area contributed by atoms with Crippen LogP contribution in [0.3, 0.4) is 0 Å². The lowest BCUT2D eigenvalue weighted by molar-refractivity contribution is -0.156. The Morgan fingerprint density at radius 1 is 1.00 bits per heavy atom. The molecular weight excluding hydrogens is 430 g/mol. The molecule has 1 heterocycles. The lowest BCUT2D eigenvalue weighted by Crippen LogP contribution is -2.49. The van der Waals surface area contributed by atoms with Crippen LogP contribution in [0.4, 0.5) is 5.00 Å². The van der Waals surface area contributed by atoms with E-state index in [4.69, 9.17) is 9.47 Å². The standard InChI is InChI=1S/C24H27NO6S/c1-12-17(13-8-10-16(30-2)11-9-13)20(24(29)31-3)22(32-12)25-21(26)18-14-4-6-15(7-5-14)19(18)23(27)28/h8-11,14-15,18-19H,4-7H2,1-3H3,(H,25,26)(H,27,28). The summed E-state index contributed by atoms with van der Waals surface area (Å²) in [6.07, 6.45) is 3.46. The number of aryl methyl sites for hydroxylation is 1. The molecule has 1 aromatic heterocycles. The number of carbonyl (C=O) groups is 3. The topological polar surface area (TPSA) is 102 Å². The molecule has 3 fully saturated rings. The van der Waals surface area contributed by atoms with Gasteiger partial charge in [0.25, 0.3) is 0 Å². The van der Waals surface area contributed by atoms with Crippen LogP contribution in [0.5, 0.6) is 5.75 Å². The summed E-state index contributed by atoms with van der Waals surface area (Å²) in [5, 5.41) is 13.1. The van der Waals surface area contributed by atoms with Crippen molar-refractivity contribution in [2.24, 2.45) is 23.7 Å². The van der Waals surface area contributed by atoms with Crippen LogP contribution < -0.4 is 10.1 Å². The van der Waals surface area contributed by atoms with Gasteiger partial charge < -0.3 is 19.9 Å². The molecule has 8 heteroatoms. The van der Waals surface area contributed by atoms with Gasteiger partial charge in [-0.25, -0.2) is 4.79 Å². The maximum absolute atomic E-state index is 13.3. The SMILES string of the molecule is COC(=O)c1c(NC(=O)C2C3CCC(CC3)C2C(=O)O)sc(C)c1-c1ccc(OC)cc1. The average Bonchev–Trinajstić information content (AvgIpc) is 3.13. The third kappa shape index (κ3) is 3.88. The predicted octanol–water partition coefficient (Wildman–Crippen LogP) is 4.59. The van der Waals surface area contributed by atoms with Gasteiger partial charge in [-0.15, -0.1) is 11.3 Å². The number of thiophene rings is 1. The van der Waals surface area contributed by atoms with Crippen molar-refractivity contribution in [1.29, 1.82) is 0 Å². The van der Waals surface area contributed by atoms with Gasteiger partial charge in [0, 0.05) is 10.4 Å². The van der Waals surface area contributed by atoms with Crippen LogP contribution in [-0.4, -0.2) is 37.2 Å². The number of carbonyl (C=O) groups excluding carboxylic acids is 2. The fourth-order valence-electron chi connectivity index (χ4n) is 5.41. The Balaban J connectivity index is 1.70. The number of carboxylic acid groups (broad SMARTS) is 1. The summed E-state index contributed by atoms with van der Waals surface area (Å²) in [4.78, 5) is 38.9. The molecule has 2 bridgehead atoms. The highest BCUT2D eigenvalue weighted by Crippen LogP contribution is 2.50. The number of fused-ring (bicyclic) bond motifs is 3. The average molecular weight is 458 g/mol. The largest absolute Gasteiger partial charge is 0.497 e. The van der Waals surface area contributed by atoms with Gasteiger partial charge in [-0.05, 0) is 62.1 Å². The van der Waals surface area contributed by atoms with E-state index < -0.39 is 23.8 Å². The smallest absolute Gasteiger partial charge is 0.341 e. The van der Waals surface area contributed by atoms with Crippen LogP contribution in [0.2, 0.25) is 0 Å². The lowest BCUT2D eigenvalue weighted by atomic mass is 9.58. The Morgan fingerprint density at radius 3 is 2.12 bits per heavy atom. The molecule has 7 nitrogen and oxygen atoms in total. The minimum absolute atomic E-state index is 0.0354. The number of esters is 1. The number of hydrogen-bond donors (Lipinski definition) is 2. The molecule has 0 spiro atoms. The molecule has 1 aromatic carbocycles. The quantitative estimate of drug-likeness (QED) is 0.615. The molecule has 5 rings (SSSR count). The first kappa shape index (κ1) is 22.3. The van der Waals surface area contributed by atoms with Gasteiger partial charge in [0.15, 0.2) is 0 Å². The first-order chi connectivity index (χ1) is 15.3. The summed E-state index contributed by atoms with van der Waals surface area (Å²) in [7, 11) is 2.89. The number of carboxylic acids is 1. The van der Waals surface area contributed by atoms with Gasteiger partial charge in [0.05, 0.1) is 26.1 Å². The van der Waals surface area contributed by atoms with Gasteiger partial charge in [-0.1, -0.05) is 12.1 Å². The van der Waals surface area contributed by atoms with Crippen LogP contribution in [0.1, 0.15) is 40.9 Å². The van der Waals surface area contributed by atoms with Crippen molar-refractivity contribution in [2.75, 3.05) is 19.5 Å². The first-order valence-corrected chi connectivity index (χ1v) is 11.6. The Bertz CT molecular complexity index is 1040. The van der Waals surface area contributed by atoms with E-state index in [1.807, 2.05) is 31.2 Å².